The first-order valence-electron chi connectivity index (χ1n) is 11.4. The molecule has 13 heteroatoms. The van der Waals surface area contributed by atoms with Crippen LogP contribution in [0.25, 0.3) is 17.2 Å². The normalized spacial score (nSPS) is 22.3. The van der Waals surface area contributed by atoms with Crippen molar-refractivity contribution in [3.63, 3.8) is 0 Å². The molecule has 1 N–H and O–H groups in total. The predicted molar refractivity (Wildman–Crippen MR) is 119 cm³/mol. The maximum Gasteiger partial charge on any atom is 0.417 e. The average Bonchev–Trinajstić information content (AvgIpc) is 3.26. The second kappa shape index (κ2) is 8.28. The molecule has 4 aromatic rings. The topological polar surface area (TPSA) is 95.3 Å². The summed E-state index contributed by atoms with van der Waals surface area (Å²) in [6.45, 7) is 1.20. The Kier molecular flexibility index (Phi) is 5.16. The minimum atomic E-state index is -4.50. The molecule has 1 saturated heterocycles. The molecule has 0 aromatic carbocycles. The van der Waals surface area contributed by atoms with Gasteiger partial charge in [-0.05, 0) is 24.6 Å². The lowest BCUT2D eigenvalue weighted by atomic mass is 10.0. The van der Waals surface area contributed by atoms with E-state index in [4.69, 9.17) is 0 Å². The van der Waals surface area contributed by atoms with Crippen molar-refractivity contribution in [3.05, 3.63) is 60.3 Å². The molecule has 1 aliphatic heterocycles. The van der Waals surface area contributed by atoms with Gasteiger partial charge in [-0.15, -0.1) is 0 Å². The zero-order chi connectivity index (χ0) is 25.0. The van der Waals surface area contributed by atoms with E-state index in [1.54, 1.807) is 23.4 Å². The molecule has 1 saturated carbocycles. The third-order valence-corrected chi connectivity index (χ3v) is 6.62. The maximum atomic E-state index is 13.6. The Hall–Kier alpha value is -4.03. The minimum absolute atomic E-state index is 0.206. The Morgan fingerprint density at radius 2 is 1.94 bits per heavy atom. The first kappa shape index (κ1) is 22.4. The minimum Gasteiger partial charge on any atom is -0.352 e. The lowest BCUT2D eigenvalue weighted by Crippen LogP contribution is -2.51. The van der Waals surface area contributed by atoms with Crippen LogP contribution in [0.4, 0.5) is 23.4 Å². The molecule has 36 heavy (non-hydrogen) atoms. The number of rotatable bonds is 4. The van der Waals surface area contributed by atoms with E-state index in [0.29, 0.717) is 36.8 Å². The number of hydrogen-bond donors (Lipinski definition) is 1. The molecule has 6 rings (SSSR count). The second-order valence-electron chi connectivity index (χ2n) is 8.91. The molecule has 186 valence electrons. The van der Waals surface area contributed by atoms with Gasteiger partial charge in [-0.2, -0.15) is 18.3 Å². The Morgan fingerprint density at radius 1 is 1.11 bits per heavy atom. The van der Waals surface area contributed by atoms with Gasteiger partial charge in [0, 0.05) is 43.8 Å². The summed E-state index contributed by atoms with van der Waals surface area (Å²) < 4.78 is 54.7. The highest BCUT2D eigenvalue weighted by Crippen LogP contribution is 2.39. The lowest BCUT2D eigenvalue weighted by Gasteiger charge is -2.41. The summed E-state index contributed by atoms with van der Waals surface area (Å²) in [6.07, 6.45) is 1.95. The van der Waals surface area contributed by atoms with E-state index in [-0.39, 0.29) is 24.2 Å². The number of aromatic nitrogens is 6. The number of aromatic amines is 1. The van der Waals surface area contributed by atoms with Crippen molar-refractivity contribution in [1.29, 1.82) is 0 Å². The molecule has 2 aliphatic rings. The van der Waals surface area contributed by atoms with Gasteiger partial charge in [0.15, 0.2) is 5.82 Å². The molecular formula is C23H20F4N8O. The highest BCUT2D eigenvalue weighted by atomic mass is 19.4. The number of pyridine rings is 1. The van der Waals surface area contributed by atoms with Crippen molar-refractivity contribution < 1.29 is 22.4 Å². The summed E-state index contributed by atoms with van der Waals surface area (Å²) in [5.74, 6) is -0.0236. The van der Waals surface area contributed by atoms with Crippen molar-refractivity contribution in [3.8, 4) is 11.5 Å². The van der Waals surface area contributed by atoms with E-state index in [1.807, 2.05) is 4.90 Å². The van der Waals surface area contributed by atoms with E-state index in [0.717, 1.165) is 17.8 Å². The number of H-pyrrole nitrogens is 1. The number of halogens is 4. The number of alkyl halides is 4. The number of hydrogen-bond acceptors (Lipinski definition) is 6. The zero-order valence-electron chi connectivity index (χ0n) is 18.7. The third-order valence-electron chi connectivity index (χ3n) is 6.62. The van der Waals surface area contributed by atoms with Gasteiger partial charge in [0.25, 0.3) is 0 Å². The summed E-state index contributed by atoms with van der Waals surface area (Å²) in [5, 5.41) is 6.75. The van der Waals surface area contributed by atoms with Crippen molar-refractivity contribution >= 4 is 17.4 Å². The molecule has 0 radical (unpaired) electrons. The van der Waals surface area contributed by atoms with E-state index < -0.39 is 23.8 Å². The van der Waals surface area contributed by atoms with Gasteiger partial charge >= 0.3 is 6.18 Å². The summed E-state index contributed by atoms with van der Waals surface area (Å²) in [7, 11) is 0. The molecule has 5 heterocycles. The number of fused-ring (bicyclic) bond motifs is 1. The van der Waals surface area contributed by atoms with Gasteiger partial charge < -0.3 is 9.80 Å². The van der Waals surface area contributed by atoms with Crippen LogP contribution in [-0.2, 0) is 11.0 Å². The van der Waals surface area contributed by atoms with Crippen molar-refractivity contribution in [2.24, 2.45) is 5.92 Å². The van der Waals surface area contributed by atoms with Crippen LogP contribution < -0.4 is 4.90 Å². The van der Waals surface area contributed by atoms with Gasteiger partial charge in [0.1, 0.15) is 23.3 Å². The number of carbonyl (C=O) groups is 1. The molecule has 1 amide bonds. The number of amides is 1. The van der Waals surface area contributed by atoms with E-state index in [9.17, 15) is 22.4 Å². The number of piperazine rings is 1. The standard InChI is InChI=1S/C23H20F4N8O/c24-16-7-15(16)22(36)34-6-5-33(12-18(34)13-8-30-31-9-13)20-3-4-28-21(32-20)17-10-29-19-2-1-14(11-35(17)19)23(25,26)27/h1-4,8-11,15-16,18H,5-7,12H2,(H,30,31)/t15-,16+,18?/m1/s1. The Bertz CT molecular complexity index is 1420. The number of anilines is 1. The summed E-state index contributed by atoms with van der Waals surface area (Å²) in [6, 6.07) is 3.62. The highest BCUT2D eigenvalue weighted by molar-refractivity contribution is 5.83. The van der Waals surface area contributed by atoms with Gasteiger partial charge in [0.2, 0.25) is 5.91 Å². The molecule has 3 atom stereocenters. The van der Waals surface area contributed by atoms with Gasteiger partial charge in [0.05, 0.1) is 29.9 Å². The van der Waals surface area contributed by atoms with E-state index in [1.165, 1.54) is 22.9 Å². The van der Waals surface area contributed by atoms with E-state index >= 15 is 0 Å². The Morgan fingerprint density at radius 3 is 2.67 bits per heavy atom. The van der Waals surface area contributed by atoms with Crippen LogP contribution in [0.3, 0.4) is 0 Å². The number of carbonyl (C=O) groups excluding carboxylic acids is 1. The van der Waals surface area contributed by atoms with Crippen LogP contribution >= 0.6 is 0 Å². The summed E-state index contributed by atoms with van der Waals surface area (Å²) in [4.78, 5) is 29.6. The van der Waals surface area contributed by atoms with Gasteiger partial charge in [-0.1, -0.05) is 0 Å². The quantitative estimate of drug-likeness (QED) is 0.432. The number of imidazole rings is 1. The molecule has 1 unspecified atom stereocenters. The smallest absolute Gasteiger partial charge is 0.352 e. The first-order chi connectivity index (χ1) is 17.3. The molecule has 0 bridgehead atoms. The number of nitrogens with one attached hydrogen (secondary N) is 1. The van der Waals surface area contributed by atoms with Crippen molar-refractivity contribution in [1.82, 2.24) is 34.4 Å². The zero-order valence-corrected chi connectivity index (χ0v) is 18.7. The van der Waals surface area contributed by atoms with Crippen LogP contribution in [0.1, 0.15) is 23.6 Å². The Labute approximate surface area is 201 Å². The van der Waals surface area contributed by atoms with Crippen molar-refractivity contribution in [2.45, 2.75) is 24.8 Å². The summed E-state index contributed by atoms with van der Waals surface area (Å²) >= 11 is 0. The SMILES string of the molecule is O=C([C@@H]1C[C@@H]1F)N1CCN(c2ccnc(-c3cnc4ccc(C(F)(F)F)cn34)n2)CC1c1cn[nH]c1. The average molecular weight is 500 g/mol. The third kappa shape index (κ3) is 3.93. The van der Waals surface area contributed by atoms with Crippen molar-refractivity contribution in [2.75, 3.05) is 24.5 Å². The maximum absolute atomic E-state index is 13.6. The largest absolute Gasteiger partial charge is 0.417 e. The predicted octanol–water partition coefficient (Wildman–Crippen LogP) is 3.28. The van der Waals surface area contributed by atoms with Crippen LogP contribution in [0.2, 0.25) is 0 Å². The van der Waals surface area contributed by atoms with Crippen LogP contribution in [-0.4, -0.2) is 66.2 Å². The van der Waals surface area contributed by atoms with Gasteiger partial charge in [-0.3, -0.25) is 14.3 Å². The van der Waals surface area contributed by atoms with Crippen LogP contribution in [0.15, 0.2) is 49.2 Å². The number of nitrogens with zero attached hydrogens (tertiary/aromatic N) is 7. The first-order valence-corrected chi connectivity index (χ1v) is 11.4. The monoisotopic (exact) mass is 500 g/mol. The summed E-state index contributed by atoms with van der Waals surface area (Å²) in [5.41, 5.74) is 0.645. The van der Waals surface area contributed by atoms with Crippen LogP contribution in [0.5, 0.6) is 0 Å². The van der Waals surface area contributed by atoms with Crippen LogP contribution in [0, 0.1) is 5.92 Å². The Balaban J connectivity index is 1.31. The molecule has 4 aromatic heterocycles. The fraction of sp³-hybridized carbons (Fsp3) is 0.348. The van der Waals surface area contributed by atoms with Gasteiger partial charge in [-0.25, -0.2) is 19.3 Å². The molecule has 0 spiro atoms. The fourth-order valence-corrected chi connectivity index (χ4v) is 4.58. The molecular weight excluding hydrogens is 480 g/mol. The molecule has 2 fully saturated rings. The lowest BCUT2D eigenvalue weighted by molar-refractivity contribution is -0.138. The highest BCUT2D eigenvalue weighted by Gasteiger charge is 2.48. The second-order valence-corrected chi connectivity index (χ2v) is 8.91. The van der Waals surface area contributed by atoms with E-state index in [2.05, 4.69) is 25.1 Å². The molecule has 1 aliphatic carbocycles. The molecule has 9 nitrogen and oxygen atoms in total. The fourth-order valence-electron chi connectivity index (χ4n) is 4.58.